The highest BCUT2D eigenvalue weighted by atomic mass is 79.9. The van der Waals surface area contributed by atoms with Crippen molar-refractivity contribution in [1.82, 2.24) is 0 Å². The molecular formula is C12H12BrF3O4. The second kappa shape index (κ2) is 6.55. The van der Waals surface area contributed by atoms with Crippen molar-refractivity contribution in [3.8, 4) is 0 Å². The monoisotopic (exact) mass is 356 g/mol. The summed E-state index contributed by atoms with van der Waals surface area (Å²) in [5, 5.41) is 19.2. The summed E-state index contributed by atoms with van der Waals surface area (Å²) in [6.07, 6.45) is -8.37. The van der Waals surface area contributed by atoms with Crippen molar-refractivity contribution in [2.75, 3.05) is 6.61 Å². The maximum absolute atomic E-state index is 12.7. The third kappa shape index (κ3) is 3.94. The minimum atomic E-state index is -4.62. The second-order valence-corrected chi connectivity index (χ2v) is 4.73. The number of rotatable bonds is 4. The number of hydrogen-bond acceptors (Lipinski definition) is 4. The second-order valence-electron chi connectivity index (χ2n) is 3.88. The number of carbonyl (C=O) groups is 1. The quantitative estimate of drug-likeness (QED) is 0.813. The molecule has 2 atom stereocenters. The van der Waals surface area contributed by atoms with Crippen molar-refractivity contribution in [3.63, 3.8) is 0 Å². The summed E-state index contributed by atoms with van der Waals surface area (Å²) in [5.74, 6) is -1.10. The topological polar surface area (TPSA) is 66.8 Å². The van der Waals surface area contributed by atoms with Gasteiger partial charge in [-0.1, -0.05) is 22.0 Å². The Balaban J connectivity index is 3.05. The lowest BCUT2D eigenvalue weighted by Gasteiger charge is -2.18. The van der Waals surface area contributed by atoms with Crippen LogP contribution in [0.4, 0.5) is 13.2 Å². The van der Waals surface area contributed by atoms with E-state index in [1.165, 1.54) is 13.0 Å². The van der Waals surface area contributed by atoms with E-state index in [-0.39, 0.29) is 16.6 Å². The molecule has 0 spiro atoms. The van der Waals surface area contributed by atoms with Crippen LogP contribution in [0.3, 0.4) is 0 Å². The van der Waals surface area contributed by atoms with E-state index in [0.717, 1.165) is 6.07 Å². The summed E-state index contributed by atoms with van der Waals surface area (Å²) in [6, 6.07) is 2.92. The molecule has 1 rings (SSSR count). The molecule has 2 unspecified atom stereocenters. The number of alkyl halides is 3. The molecule has 112 valence electrons. The molecule has 0 aliphatic heterocycles. The van der Waals surface area contributed by atoms with E-state index in [4.69, 9.17) is 0 Å². The molecule has 1 aromatic rings. The highest BCUT2D eigenvalue weighted by molar-refractivity contribution is 9.10. The van der Waals surface area contributed by atoms with Crippen molar-refractivity contribution in [1.29, 1.82) is 0 Å². The zero-order valence-corrected chi connectivity index (χ0v) is 11.9. The van der Waals surface area contributed by atoms with Crippen LogP contribution in [-0.2, 0) is 15.7 Å². The van der Waals surface area contributed by atoms with Crippen LogP contribution in [0, 0.1) is 0 Å². The summed E-state index contributed by atoms with van der Waals surface area (Å²) >= 11 is 2.75. The molecule has 8 heteroatoms. The van der Waals surface area contributed by atoms with Gasteiger partial charge < -0.3 is 14.9 Å². The summed E-state index contributed by atoms with van der Waals surface area (Å²) < 4.78 is 42.4. The van der Waals surface area contributed by atoms with Crippen molar-refractivity contribution in [2.24, 2.45) is 0 Å². The molecule has 2 N–H and O–H groups in total. The first-order valence-electron chi connectivity index (χ1n) is 5.58. The summed E-state index contributed by atoms with van der Waals surface area (Å²) in [6.45, 7) is 1.48. The lowest BCUT2D eigenvalue weighted by atomic mass is 10.0. The Labute approximate surface area is 121 Å². The Morgan fingerprint density at radius 2 is 2.00 bits per heavy atom. The van der Waals surface area contributed by atoms with Crippen LogP contribution >= 0.6 is 15.9 Å². The minimum absolute atomic E-state index is 0.0171. The first-order chi connectivity index (χ1) is 9.18. The molecule has 20 heavy (non-hydrogen) atoms. The van der Waals surface area contributed by atoms with Crippen molar-refractivity contribution >= 4 is 21.9 Å². The number of aliphatic hydroxyl groups is 2. The van der Waals surface area contributed by atoms with Gasteiger partial charge in [0.15, 0.2) is 6.10 Å². The Bertz CT molecular complexity index is 490. The maximum atomic E-state index is 12.7. The predicted octanol–water partition coefficient (Wildman–Crippen LogP) is 2.43. The zero-order chi connectivity index (χ0) is 15.5. The van der Waals surface area contributed by atoms with Gasteiger partial charge >= 0.3 is 12.1 Å². The number of hydrogen-bond donors (Lipinski definition) is 2. The van der Waals surface area contributed by atoms with Gasteiger partial charge in [0.2, 0.25) is 0 Å². The molecular weight excluding hydrogens is 345 g/mol. The molecule has 0 aromatic heterocycles. The molecule has 0 fully saturated rings. The van der Waals surface area contributed by atoms with E-state index in [0.29, 0.717) is 6.07 Å². The standard InChI is InChI=1S/C12H12BrF3O4/c1-2-20-11(19)10(18)9(17)6-3-4-8(13)7(5-6)12(14,15)16/h3-5,9-10,17-18H,2H2,1H3. The highest BCUT2D eigenvalue weighted by Crippen LogP contribution is 2.36. The van der Waals surface area contributed by atoms with Crippen LogP contribution in [-0.4, -0.2) is 28.9 Å². The van der Waals surface area contributed by atoms with Gasteiger partial charge in [-0.3, -0.25) is 0 Å². The number of carbonyl (C=O) groups excluding carboxylic acids is 1. The van der Waals surface area contributed by atoms with E-state index in [9.17, 15) is 28.2 Å². The largest absolute Gasteiger partial charge is 0.464 e. The molecule has 0 radical (unpaired) electrons. The van der Waals surface area contributed by atoms with Gasteiger partial charge in [0.05, 0.1) is 12.2 Å². The molecule has 0 saturated carbocycles. The molecule has 0 aliphatic carbocycles. The third-order valence-electron chi connectivity index (χ3n) is 2.46. The third-order valence-corrected chi connectivity index (χ3v) is 3.16. The first-order valence-corrected chi connectivity index (χ1v) is 6.37. The average molecular weight is 357 g/mol. The lowest BCUT2D eigenvalue weighted by molar-refractivity contribution is -0.159. The number of esters is 1. The summed E-state index contributed by atoms with van der Waals surface area (Å²) in [4.78, 5) is 11.2. The number of aliphatic hydroxyl groups excluding tert-OH is 2. The Kier molecular flexibility index (Phi) is 5.55. The number of ether oxygens (including phenoxy) is 1. The van der Waals surface area contributed by atoms with Gasteiger partial charge in [0.25, 0.3) is 0 Å². The van der Waals surface area contributed by atoms with Crippen LogP contribution in [0.2, 0.25) is 0 Å². The van der Waals surface area contributed by atoms with Gasteiger partial charge in [0, 0.05) is 4.47 Å². The normalized spacial score (nSPS) is 14.8. The van der Waals surface area contributed by atoms with Crippen LogP contribution < -0.4 is 0 Å². The van der Waals surface area contributed by atoms with Crippen molar-refractivity contribution < 1.29 is 32.9 Å². The fourth-order valence-corrected chi connectivity index (χ4v) is 1.95. The van der Waals surface area contributed by atoms with E-state index < -0.39 is 29.9 Å². The molecule has 0 saturated heterocycles. The number of benzene rings is 1. The molecule has 0 amide bonds. The zero-order valence-electron chi connectivity index (χ0n) is 10.3. The Morgan fingerprint density at radius 3 is 2.50 bits per heavy atom. The molecule has 0 bridgehead atoms. The first kappa shape index (κ1) is 16.9. The fourth-order valence-electron chi connectivity index (χ4n) is 1.48. The smallest absolute Gasteiger partial charge is 0.417 e. The lowest BCUT2D eigenvalue weighted by Crippen LogP contribution is -2.30. The van der Waals surface area contributed by atoms with Crippen LogP contribution in [0.5, 0.6) is 0 Å². The van der Waals surface area contributed by atoms with Gasteiger partial charge in [-0.05, 0) is 24.6 Å². The van der Waals surface area contributed by atoms with E-state index in [1.54, 1.807) is 0 Å². The van der Waals surface area contributed by atoms with E-state index in [1.807, 2.05) is 0 Å². The van der Waals surface area contributed by atoms with Crippen molar-refractivity contribution in [2.45, 2.75) is 25.3 Å². The van der Waals surface area contributed by atoms with Gasteiger partial charge in [-0.2, -0.15) is 13.2 Å². The van der Waals surface area contributed by atoms with Crippen LogP contribution in [0.15, 0.2) is 22.7 Å². The molecule has 4 nitrogen and oxygen atoms in total. The number of halogens is 4. The Hall–Kier alpha value is -1.12. The highest BCUT2D eigenvalue weighted by Gasteiger charge is 2.35. The maximum Gasteiger partial charge on any atom is 0.417 e. The van der Waals surface area contributed by atoms with Crippen molar-refractivity contribution in [3.05, 3.63) is 33.8 Å². The van der Waals surface area contributed by atoms with E-state index >= 15 is 0 Å². The van der Waals surface area contributed by atoms with Gasteiger partial charge in [-0.15, -0.1) is 0 Å². The SMILES string of the molecule is CCOC(=O)C(O)C(O)c1ccc(Br)c(C(F)(F)F)c1. The summed E-state index contributed by atoms with van der Waals surface area (Å²) in [5.41, 5.74) is -1.24. The van der Waals surface area contributed by atoms with Crippen LogP contribution in [0.1, 0.15) is 24.2 Å². The predicted molar refractivity (Wildman–Crippen MR) is 66.7 cm³/mol. The summed E-state index contributed by atoms with van der Waals surface area (Å²) in [7, 11) is 0. The molecule has 0 aliphatic rings. The van der Waals surface area contributed by atoms with E-state index in [2.05, 4.69) is 20.7 Å². The van der Waals surface area contributed by atoms with Gasteiger partial charge in [0.1, 0.15) is 6.10 Å². The Morgan fingerprint density at radius 1 is 1.40 bits per heavy atom. The minimum Gasteiger partial charge on any atom is -0.464 e. The van der Waals surface area contributed by atoms with Gasteiger partial charge in [-0.25, -0.2) is 4.79 Å². The fraction of sp³-hybridized carbons (Fsp3) is 0.417. The van der Waals surface area contributed by atoms with Crippen LogP contribution in [0.25, 0.3) is 0 Å². The average Bonchev–Trinajstić information content (AvgIpc) is 2.36. The molecule has 0 heterocycles. The molecule has 1 aromatic carbocycles.